The zero-order valence-corrected chi connectivity index (χ0v) is 11.5. The first-order valence-electron chi connectivity index (χ1n) is 7.14. The average Bonchev–Trinajstić information content (AvgIpc) is 2.91. The lowest BCUT2D eigenvalue weighted by atomic mass is 10.1. The van der Waals surface area contributed by atoms with Crippen LogP contribution in [0.25, 0.3) is 11.0 Å². The molecule has 0 amide bonds. The lowest BCUT2D eigenvalue weighted by molar-refractivity contribution is -0.669. The van der Waals surface area contributed by atoms with E-state index in [2.05, 4.69) is 69.5 Å². The summed E-state index contributed by atoms with van der Waals surface area (Å²) in [5.41, 5.74) is 3.84. The van der Waals surface area contributed by atoms with Gasteiger partial charge in [-0.3, -0.25) is 0 Å². The van der Waals surface area contributed by atoms with Crippen LogP contribution in [0.2, 0.25) is 0 Å². The minimum absolute atomic E-state index is 0.985. The fraction of sp³-hybridized carbons (Fsp3) is 0.235. The number of nitrogens with zero attached hydrogens (tertiary/aromatic N) is 1. The van der Waals surface area contributed by atoms with E-state index in [-0.39, 0.29) is 0 Å². The number of imidazole rings is 1. The molecule has 0 atom stereocenters. The smallest absolute Gasteiger partial charge is 0.242 e. The number of H-pyrrole nitrogens is 1. The Morgan fingerprint density at radius 2 is 1.70 bits per heavy atom. The first kappa shape index (κ1) is 12.9. The molecule has 2 N–H and O–H groups in total. The minimum atomic E-state index is 0.985. The molecule has 3 aromatic rings. The third kappa shape index (κ3) is 3.06. The van der Waals surface area contributed by atoms with Crippen LogP contribution < -0.4 is 9.88 Å². The van der Waals surface area contributed by atoms with E-state index in [0.717, 1.165) is 26.1 Å². The van der Waals surface area contributed by atoms with Crippen LogP contribution in [0, 0.1) is 0 Å². The molecule has 0 fully saturated rings. The lowest BCUT2D eigenvalue weighted by Gasteiger charge is -2.03. The second-order valence-electron chi connectivity index (χ2n) is 4.97. The van der Waals surface area contributed by atoms with Gasteiger partial charge in [0.2, 0.25) is 6.33 Å². The van der Waals surface area contributed by atoms with E-state index < -0.39 is 0 Å². The van der Waals surface area contributed by atoms with E-state index in [1.165, 1.54) is 16.6 Å². The highest BCUT2D eigenvalue weighted by Crippen LogP contribution is 2.04. The van der Waals surface area contributed by atoms with Crippen LogP contribution in [-0.4, -0.2) is 18.1 Å². The molecule has 0 spiro atoms. The van der Waals surface area contributed by atoms with Crippen molar-refractivity contribution in [3.05, 3.63) is 66.5 Å². The van der Waals surface area contributed by atoms with Crippen molar-refractivity contribution >= 4 is 11.0 Å². The van der Waals surface area contributed by atoms with E-state index in [1.807, 2.05) is 6.33 Å². The summed E-state index contributed by atoms with van der Waals surface area (Å²) in [4.78, 5) is 3.29. The fourth-order valence-electron chi connectivity index (χ4n) is 2.45. The number of aromatic nitrogens is 2. The van der Waals surface area contributed by atoms with Gasteiger partial charge in [-0.15, -0.1) is 0 Å². The molecule has 0 unspecified atom stereocenters. The minimum Gasteiger partial charge on any atom is -0.313 e. The van der Waals surface area contributed by atoms with Crippen LogP contribution in [0.5, 0.6) is 0 Å². The number of nitrogens with one attached hydrogen (secondary N) is 2. The molecule has 102 valence electrons. The monoisotopic (exact) mass is 266 g/mol. The number of hydrogen-bond donors (Lipinski definition) is 2. The van der Waals surface area contributed by atoms with Crippen molar-refractivity contribution in [1.82, 2.24) is 10.3 Å². The lowest BCUT2D eigenvalue weighted by Crippen LogP contribution is -2.38. The maximum absolute atomic E-state index is 3.50. The third-order valence-electron chi connectivity index (χ3n) is 3.55. The first-order valence-corrected chi connectivity index (χ1v) is 7.14. The Balaban J connectivity index is 1.46. The molecule has 0 aliphatic heterocycles. The predicted octanol–water partition coefficient (Wildman–Crippen LogP) is 2.29. The molecule has 1 heterocycles. The summed E-state index contributed by atoms with van der Waals surface area (Å²) in [5, 5.41) is 3.50. The maximum Gasteiger partial charge on any atom is 0.242 e. The van der Waals surface area contributed by atoms with Gasteiger partial charge in [0.1, 0.15) is 6.54 Å². The Kier molecular flexibility index (Phi) is 4.09. The Hall–Kier alpha value is -2.13. The van der Waals surface area contributed by atoms with Crippen LogP contribution in [0.1, 0.15) is 5.56 Å². The number of rotatable bonds is 6. The molecule has 0 saturated heterocycles. The second-order valence-corrected chi connectivity index (χ2v) is 4.97. The van der Waals surface area contributed by atoms with Crippen molar-refractivity contribution in [2.45, 2.75) is 13.0 Å². The summed E-state index contributed by atoms with van der Waals surface area (Å²) in [6, 6.07) is 19.0. The number of aromatic amines is 1. The Labute approximate surface area is 119 Å². The molecule has 3 nitrogen and oxygen atoms in total. The molecule has 3 rings (SSSR count). The molecule has 1 aromatic heterocycles. The summed E-state index contributed by atoms with van der Waals surface area (Å²) < 4.78 is 2.25. The summed E-state index contributed by atoms with van der Waals surface area (Å²) >= 11 is 0. The molecule has 0 aliphatic rings. The van der Waals surface area contributed by atoms with E-state index >= 15 is 0 Å². The van der Waals surface area contributed by atoms with Crippen molar-refractivity contribution in [2.75, 3.05) is 13.1 Å². The van der Waals surface area contributed by atoms with Crippen LogP contribution in [-0.2, 0) is 13.0 Å². The van der Waals surface area contributed by atoms with Crippen LogP contribution in [0.4, 0.5) is 0 Å². The molecule has 0 saturated carbocycles. The molecule has 0 radical (unpaired) electrons. The van der Waals surface area contributed by atoms with Gasteiger partial charge in [0.15, 0.2) is 11.0 Å². The normalized spacial score (nSPS) is 11.0. The maximum atomic E-state index is 3.50. The van der Waals surface area contributed by atoms with E-state index in [0.29, 0.717) is 0 Å². The summed E-state index contributed by atoms with van der Waals surface area (Å²) in [7, 11) is 0. The number of para-hydroxylation sites is 2. The van der Waals surface area contributed by atoms with Gasteiger partial charge >= 0.3 is 0 Å². The average molecular weight is 266 g/mol. The van der Waals surface area contributed by atoms with E-state index in [9.17, 15) is 0 Å². The van der Waals surface area contributed by atoms with Gasteiger partial charge in [0, 0.05) is 6.54 Å². The molecule has 2 aromatic carbocycles. The number of benzene rings is 2. The van der Waals surface area contributed by atoms with Crippen molar-refractivity contribution < 1.29 is 4.57 Å². The van der Waals surface area contributed by atoms with Gasteiger partial charge < -0.3 is 5.32 Å². The van der Waals surface area contributed by atoms with E-state index in [4.69, 9.17) is 0 Å². The van der Waals surface area contributed by atoms with Crippen molar-refractivity contribution in [1.29, 1.82) is 0 Å². The Bertz CT molecular complexity index is 658. The standard InChI is InChI=1S/C17H19N3/c1-2-6-15(7-3-1)10-11-18-12-13-20-14-19-16-8-4-5-9-17(16)20/h1-9,14,18H,10-13H2/p+1. The third-order valence-corrected chi connectivity index (χ3v) is 3.55. The summed E-state index contributed by atoms with van der Waals surface area (Å²) in [6.45, 7) is 2.99. The Morgan fingerprint density at radius 3 is 2.60 bits per heavy atom. The SMILES string of the molecule is c1ccc(CCNCC[n+]2c[nH]c3ccccc32)cc1. The number of hydrogen-bond acceptors (Lipinski definition) is 1. The van der Waals surface area contributed by atoms with Gasteiger partial charge in [-0.1, -0.05) is 42.5 Å². The molecule has 20 heavy (non-hydrogen) atoms. The summed E-state index contributed by atoms with van der Waals surface area (Å²) in [6.07, 6.45) is 3.13. The highest BCUT2D eigenvalue weighted by atomic mass is 15.1. The van der Waals surface area contributed by atoms with Gasteiger partial charge in [-0.2, -0.15) is 0 Å². The molecule has 0 aliphatic carbocycles. The molecule has 3 heteroatoms. The van der Waals surface area contributed by atoms with Gasteiger partial charge in [-0.05, 0) is 30.7 Å². The summed E-state index contributed by atoms with van der Waals surface area (Å²) in [5.74, 6) is 0. The highest BCUT2D eigenvalue weighted by molar-refractivity contribution is 5.70. The van der Waals surface area contributed by atoms with Crippen LogP contribution in [0.15, 0.2) is 60.9 Å². The molecular formula is C17H20N3+. The van der Waals surface area contributed by atoms with Crippen LogP contribution in [0.3, 0.4) is 0 Å². The van der Waals surface area contributed by atoms with Crippen LogP contribution >= 0.6 is 0 Å². The highest BCUT2D eigenvalue weighted by Gasteiger charge is 2.07. The topological polar surface area (TPSA) is 31.7 Å². The predicted molar refractivity (Wildman–Crippen MR) is 81.5 cm³/mol. The van der Waals surface area contributed by atoms with Crippen molar-refractivity contribution in [3.63, 3.8) is 0 Å². The van der Waals surface area contributed by atoms with Crippen molar-refractivity contribution in [2.24, 2.45) is 0 Å². The largest absolute Gasteiger partial charge is 0.313 e. The first-order chi connectivity index (χ1) is 9.93. The van der Waals surface area contributed by atoms with Crippen molar-refractivity contribution in [3.8, 4) is 0 Å². The fourth-order valence-corrected chi connectivity index (χ4v) is 2.45. The quantitative estimate of drug-likeness (QED) is 0.520. The van der Waals surface area contributed by atoms with Gasteiger partial charge in [0.05, 0.1) is 0 Å². The van der Waals surface area contributed by atoms with Gasteiger partial charge in [0.25, 0.3) is 0 Å². The zero-order valence-electron chi connectivity index (χ0n) is 11.5. The second kappa shape index (κ2) is 6.35. The molecule has 0 bridgehead atoms. The van der Waals surface area contributed by atoms with E-state index in [1.54, 1.807) is 0 Å². The number of fused-ring (bicyclic) bond motifs is 1. The zero-order chi connectivity index (χ0) is 13.6. The van der Waals surface area contributed by atoms with Gasteiger partial charge in [-0.25, -0.2) is 9.55 Å². The Morgan fingerprint density at radius 1 is 0.900 bits per heavy atom. The molecular weight excluding hydrogens is 246 g/mol.